The monoisotopic (exact) mass is 335 g/mol. The molecule has 130 valence electrons. The highest BCUT2D eigenvalue weighted by atomic mass is 16.4. The third kappa shape index (κ3) is 7.92. The molecule has 0 atom stereocenters. The third-order valence-electron chi connectivity index (χ3n) is 3.09. The normalized spacial score (nSPS) is 9.88. The highest BCUT2D eigenvalue weighted by molar-refractivity contribution is 5.87. The lowest BCUT2D eigenvalue weighted by molar-refractivity contribution is -0.126. The minimum absolute atomic E-state index is 0.0547. The summed E-state index contributed by atoms with van der Waals surface area (Å²) in [6, 6.07) is 6.18. The fraction of sp³-hybridized carbons (Fsp3) is 0.375. The third-order valence-corrected chi connectivity index (χ3v) is 3.09. The highest BCUT2D eigenvalue weighted by Gasteiger charge is 2.07. The molecule has 8 nitrogen and oxygen atoms in total. The first-order chi connectivity index (χ1) is 11.4. The molecule has 0 heterocycles. The first-order valence-electron chi connectivity index (χ1n) is 7.48. The van der Waals surface area contributed by atoms with Gasteiger partial charge in [0.2, 0.25) is 17.7 Å². The maximum absolute atomic E-state index is 11.7. The molecule has 0 aromatic heterocycles. The summed E-state index contributed by atoms with van der Waals surface area (Å²) in [5.41, 5.74) is 0.953. The van der Waals surface area contributed by atoms with Gasteiger partial charge in [0.05, 0.1) is 5.56 Å². The standard InChI is InChI=1S/C16H21N3O5/c1-11(20)17-8-9-18-14(21)6-7-15(22)19-10-12-2-4-13(5-3-12)16(23)24/h2-5H,6-10H2,1H3,(H,17,20)(H,18,21)(H,19,22)(H,23,24). The topological polar surface area (TPSA) is 125 Å². The summed E-state index contributed by atoms with van der Waals surface area (Å²) in [5.74, 6) is -1.70. The maximum atomic E-state index is 11.7. The van der Waals surface area contributed by atoms with Gasteiger partial charge in [-0.15, -0.1) is 0 Å². The minimum Gasteiger partial charge on any atom is -0.478 e. The Morgan fingerprint density at radius 2 is 1.42 bits per heavy atom. The number of aromatic carboxylic acids is 1. The molecule has 24 heavy (non-hydrogen) atoms. The van der Waals surface area contributed by atoms with Crippen molar-refractivity contribution in [2.24, 2.45) is 0 Å². The van der Waals surface area contributed by atoms with Crippen LogP contribution in [-0.2, 0) is 20.9 Å². The zero-order chi connectivity index (χ0) is 17.9. The van der Waals surface area contributed by atoms with E-state index in [-0.39, 0.29) is 42.7 Å². The van der Waals surface area contributed by atoms with Gasteiger partial charge < -0.3 is 21.1 Å². The van der Waals surface area contributed by atoms with Crippen LogP contribution in [0.15, 0.2) is 24.3 Å². The van der Waals surface area contributed by atoms with Crippen molar-refractivity contribution in [1.29, 1.82) is 0 Å². The van der Waals surface area contributed by atoms with E-state index in [1.807, 2.05) is 0 Å². The molecular formula is C16H21N3O5. The number of carbonyl (C=O) groups is 4. The lowest BCUT2D eigenvalue weighted by Gasteiger charge is -2.07. The van der Waals surface area contributed by atoms with E-state index in [1.54, 1.807) is 12.1 Å². The predicted octanol–water partition coefficient (Wildman–Crippen LogP) is 0.0335. The molecule has 0 unspecified atom stereocenters. The number of hydrogen-bond donors (Lipinski definition) is 4. The van der Waals surface area contributed by atoms with Crippen molar-refractivity contribution in [3.05, 3.63) is 35.4 Å². The van der Waals surface area contributed by atoms with Gasteiger partial charge in [0.25, 0.3) is 0 Å². The maximum Gasteiger partial charge on any atom is 0.335 e. The molecular weight excluding hydrogens is 314 g/mol. The summed E-state index contributed by atoms with van der Waals surface area (Å²) < 4.78 is 0. The second kappa shape index (κ2) is 9.98. The van der Waals surface area contributed by atoms with E-state index < -0.39 is 5.97 Å². The van der Waals surface area contributed by atoms with Crippen LogP contribution in [0.5, 0.6) is 0 Å². The first-order valence-corrected chi connectivity index (χ1v) is 7.48. The fourth-order valence-electron chi connectivity index (χ4n) is 1.81. The summed E-state index contributed by atoms with van der Waals surface area (Å²) in [5, 5.41) is 16.6. The van der Waals surface area contributed by atoms with Crippen LogP contribution in [0, 0.1) is 0 Å². The van der Waals surface area contributed by atoms with Gasteiger partial charge >= 0.3 is 5.97 Å². The lowest BCUT2D eigenvalue weighted by atomic mass is 10.1. The lowest BCUT2D eigenvalue weighted by Crippen LogP contribution is -2.34. The molecule has 0 bridgehead atoms. The molecule has 0 aliphatic heterocycles. The van der Waals surface area contributed by atoms with Crippen molar-refractivity contribution in [2.45, 2.75) is 26.3 Å². The Balaban J connectivity index is 2.20. The van der Waals surface area contributed by atoms with Crippen LogP contribution >= 0.6 is 0 Å². The summed E-state index contributed by atoms with van der Waals surface area (Å²) >= 11 is 0. The number of carbonyl (C=O) groups excluding carboxylic acids is 3. The van der Waals surface area contributed by atoms with E-state index >= 15 is 0 Å². The van der Waals surface area contributed by atoms with Crippen molar-refractivity contribution >= 4 is 23.7 Å². The SMILES string of the molecule is CC(=O)NCCNC(=O)CCC(=O)NCc1ccc(C(=O)O)cc1. The van der Waals surface area contributed by atoms with E-state index in [2.05, 4.69) is 16.0 Å². The summed E-state index contributed by atoms with van der Waals surface area (Å²) in [4.78, 5) is 44.5. The smallest absolute Gasteiger partial charge is 0.335 e. The van der Waals surface area contributed by atoms with Crippen LogP contribution in [0.2, 0.25) is 0 Å². The molecule has 0 fully saturated rings. The van der Waals surface area contributed by atoms with Crippen LogP contribution < -0.4 is 16.0 Å². The van der Waals surface area contributed by atoms with E-state index in [9.17, 15) is 19.2 Å². The van der Waals surface area contributed by atoms with Gasteiger partial charge in [-0.1, -0.05) is 12.1 Å². The Kier molecular flexibility index (Phi) is 7.97. The van der Waals surface area contributed by atoms with E-state index in [1.165, 1.54) is 19.1 Å². The van der Waals surface area contributed by atoms with Gasteiger partial charge in [-0.3, -0.25) is 14.4 Å². The van der Waals surface area contributed by atoms with Crippen molar-refractivity contribution in [3.8, 4) is 0 Å². The van der Waals surface area contributed by atoms with Gasteiger partial charge in [-0.05, 0) is 17.7 Å². The number of amides is 3. The van der Waals surface area contributed by atoms with Crippen LogP contribution in [-0.4, -0.2) is 41.9 Å². The molecule has 0 spiro atoms. The molecule has 1 aromatic carbocycles. The van der Waals surface area contributed by atoms with Gasteiger partial charge in [0.15, 0.2) is 0 Å². The second-order valence-electron chi connectivity index (χ2n) is 5.11. The van der Waals surface area contributed by atoms with Crippen molar-refractivity contribution in [3.63, 3.8) is 0 Å². The number of hydrogen-bond acceptors (Lipinski definition) is 4. The Hall–Kier alpha value is -2.90. The highest BCUT2D eigenvalue weighted by Crippen LogP contribution is 2.04. The number of benzene rings is 1. The summed E-state index contributed by atoms with van der Waals surface area (Å²) in [6.45, 7) is 2.32. The first kappa shape index (κ1) is 19.1. The van der Waals surface area contributed by atoms with Crippen LogP contribution in [0.4, 0.5) is 0 Å². The van der Waals surface area contributed by atoms with E-state index in [4.69, 9.17) is 5.11 Å². The predicted molar refractivity (Wildman–Crippen MR) is 86.2 cm³/mol. The molecule has 0 saturated carbocycles. The van der Waals surface area contributed by atoms with Gasteiger partial charge in [0.1, 0.15) is 0 Å². The zero-order valence-electron chi connectivity index (χ0n) is 13.4. The van der Waals surface area contributed by atoms with E-state index in [0.717, 1.165) is 5.56 Å². The number of nitrogens with one attached hydrogen (secondary N) is 3. The Morgan fingerprint density at radius 3 is 1.96 bits per heavy atom. The van der Waals surface area contributed by atoms with Crippen molar-refractivity contribution in [2.75, 3.05) is 13.1 Å². The Labute approximate surface area is 139 Å². The Morgan fingerprint density at radius 1 is 0.875 bits per heavy atom. The summed E-state index contributed by atoms with van der Waals surface area (Å²) in [7, 11) is 0. The van der Waals surface area contributed by atoms with Gasteiger partial charge in [0, 0.05) is 39.4 Å². The summed E-state index contributed by atoms with van der Waals surface area (Å²) in [6.07, 6.45) is 0.114. The molecule has 0 radical (unpaired) electrons. The fourth-order valence-corrected chi connectivity index (χ4v) is 1.81. The molecule has 1 aromatic rings. The molecule has 0 saturated heterocycles. The van der Waals surface area contributed by atoms with Gasteiger partial charge in [-0.25, -0.2) is 4.79 Å². The molecule has 4 N–H and O–H groups in total. The van der Waals surface area contributed by atoms with Crippen LogP contribution in [0.3, 0.4) is 0 Å². The van der Waals surface area contributed by atoms with Crippen LogP contribution in [0.25, 0.3) is 0 Å². The largest absolute Gasteiger partial charge is 0.478 e. The minimum atomic E-state index is -1.00. The zero-order valence-corrected chi connectivity index (χ0v) is 13.4. The molecule has 8 heteroatoms. The van der Waals surface area contributed by atoms with Crippen molar-refractivity contribution < 1.29 is 24.3 Å². The Bertz CT molecular complexity index is 598. The van der Waals surface area contributed by atoms with Crippen molar-refractivity contribution in [1.82, 2.24) is 16.0 Å². The quantitative estimate of drug-likeness (QED) is 0.474. The molecule has 0 aliphatic carbocycles. The average Bonchev–Trinajstić information content (AvgIpc) is 2.55. The van der Waals surface area contributed by atoms with Crippen LogP contribution in [0.1, 0.15) is 35.7 Å². The second-order valence-corrected chi connectivity index (χ2v) is 5.11. The molecule has 1 rings (SSSR count). The van der Waals surface area contributed by atoms with E-state index in [0.29, 0.717) is 13.1 Å². The molecule has 3 amide bonds. The van der Waals surface area contributed by atoms with Gasteiger partial charge in [-0.2, -0.15) is 0 Å². The average molecular weight is 335 g/mol. The number of carboxylic acid groups (broad SMARTS) is 1. The molecule has 0 aliphatic rings. The number of carboxylic acids is 1. The number of rotatable bonds is 9.